The smallest absolute Gasteiger partial charge is 0.277 e. The number of nitrogens with one attached hydrogen (secondary N) is 1. The molecule has 2 aromatic carbocycles. The fourth-order valence-electron chi connectivity index (χ4n) is 1.95. The summed E-state index contributed by atoms with van der Waals surface area (Å²) < 4.78 is 6.29. The Morgan fingerprint density at radius 2 is 2.12 bits per heavy atom. The van der Waals surface area contributed by atoms with Crippen molar-refractivity contribution in [2.45, 2.75) is 19.8 Å². The third kappa shape index (κ3) is 5.38. The van der Waals surface area contributed by atoms with Crippen LogP contribution in [0.2, 0.25) is 0 Å². The molecule has 0 radical (unpaired) electrons. The van der Waals surface area contributed by atoms with Crippen LogP contribution in [-0.2, 0) is 4.79 Å². The van der Waals surface area contributed by atoms with Crippen molar-refractivity contribution >= 4 is 28.1 Å². The van der Waals surface area contributed by atoms with Crippen molar-refractivity contribution in [1.29, 1.82) is 0 Å². The number of benzene rings is 2. The first kappa shape index (κ1) is 18.0. The number of rotatable bonds is 6. The lowest BCUT2D eigenvalue weighted by Gasteiger charge is -2.10. The molecule has 0 saturated heterocycles. The van der Waals surface area contributed by atoms with Gasteiger partial charge in [0.2, 0.25) is 0 Å². The molecule has 0 aliphatic carbocycles. The highest BCUT2D eigenvalue weighted by Crippen LogP contribution is 2.28. The van der Waals surface area contributed by atoms with E-state index in [9.17, 15) is 9.90 Å². The minimum absolute atomic E-state index is 0.142. The predicted octanol–water partition coefficient (Wildman–Crippen LogP) is 3.81. The summed E-state index contributed by atoms with van der Waals surface area (Å²) in [6.07, 6.45) is 1.45. The van der Waals surface area contributed by atoms with Crippen LogP contribution < -0.4 is 10.2 Å². The van der Waals surface area contributed by atoms with E-state index in [4.69, 9.17) is 4.74 Å². The number of halogens is 1. The number of nitrogens with zero attached hydrogens (tertiary/aromatic N) is 1. The Kier molecular flexibility index (Phi) is 6.37. The van der Waals surface area contributed by atoms with Crippen LogP contribution in [0.4, 0.5) is 0 Å². The molecule has 0 atom stereocenters. The van der Waals surface area contributed by atoms with Gasteiger partial charge in [-0.2, -0.15) is 5.10 Å². The highest BCUT2D eigenvalue weighted by Gasteiger charge is 2.07. The van der Waals surface area contributed by atoms with Gasteiger partial charge in [-0.3, -0.25) is 4.79 Å². The first-order chi connectivity index (χ1) is 11.5. The van der Waals surface area contributed by atoms with Gasteiger partial charge in [0, 0.05) is 0 Å². The first-order valence-corrected chi connectivity index (χ1v) is 8.28. The highest BCUT2D eigenvalue weighted by molar-refractivity contribution is 9.10. The monoisotopic (exact) mass is 390 g/mol. The van der Waals surface area contributed by atoms with Crippen molar-refractivity contribution in [3.63, 3.8) is 0 Å². The molecular weight excluding hydrogens is 372 g/mol. The van der Waals surface area contributed by atoms with E-state index >= 15 is 0 Å². The Labute approximate surface area is 149 Å². The lowest BCUT2D eigenvalue weighted by Crippen LogP contribution is -2.24. The van der Waals surface area contributed by atoms with Gasteiger partial charge in [0.05, 0.1) is 10.7 Å². The van der Waals surface area contributed by atoms with E-state index in [1.54, 1.807) is 24.3 Å². The number of carbonyl (C=O) groups excluding carboxylic acids is 1. The van der Waals surface area contributed by atoms with Crippen LogP contribution in [0, 0.1) is 0 Å². The molecule has 0 unspecified atom stereocenters. The number of hydrogen-bond donors (Lipinski definition) is 2. The van der Waals surface area contributed by atoms with Gasteiger partial charge < -0.3 is 9.84 Å². The van der Waals surface area contributed by atoms with E-state index in [1.165, 1.54) is 11.8 Å². The van der Waals surface area contributed by atoms with Crippen molar-refractivity contribution in [3.8, 4) is 11.5 Å². The Bertz CT molecular complexity index is 745. The summed E-state index contributed by atoms with van der Waals surface area (Å²) in [7, 11) is 0. The van der Waals surface area contributed by atoms with Crippen molar-refractivity contribution in [3.05, 3.63) is 58.1 Å². The van der Waals surface area contributed by atoms with Crippen LogP contribution >= 0.6 is 15.9 Å². The molecule has 24 heavy (non-hydrogen) atoms. The standard InChI is InChI=1S/C18H19BrN2O3/c1-12(2)14-6-7-17(16(19)9-14)24-11-18(23)21-20-10-13-4-3-5-15(22)8-13/h3-10,12,22H,11H2,1-2H3,(H,21,23)/b20-10+. The van der Waals surface area contributed by atoms with Gasteiger partial charge in [-0.25, -0.2) is 5.43 Å². The quantitative estimate of drug-likeness (QED) is 0.581. The van der Waals surface area contributed by atoms with Crippen molar-refractivity contribution in [1.82, 2.24) is 5.43 Å². The van der Waals surface area contributed by atoms with E-state index in [-0.39, 0.29) is 18.3 Å². The van der Waals surface area contributed by atoms with E-state index in [0.29, 0.717) is 17.2 Å². The van der Waals surface area contributed by atoms with Gasteiger partial charge in [0.25, 0.3) is 5.91 Å². The van der Waals surface area contributed by atoms with Gasteiger partial charge in [0.15, 0.2) is 6.61 Å². The molecule has 0 heterocycles. The number of amides is 1. The molecule has 0 fully saturated rings. The van der Waals surface area contributed by atoms with Gasteiger partial charge in [0.1, 0.15) is 11.5 Å². The summed E-state index contributed by atoms with van der Waals surface area (Å²) in [5, 5.41) is 13.2. The molecule has 0 bridgehead atoms. The maximum Gasteiger partial charge on any atom is 0.277 e. The SMILES string of the molecule is CC(C)c1ccc(OCC(=O)N/N=C/c2cccc(O)c2)c(Br)c1. The summed E-state index contributed by atoms with van der Waals surface area (Å²) >= 11 is 3.45. The van der Waals surface area contributed by atoms with E-state index in [0.717, 1.165) is 4.47 Å². The molecule has 0 aliphatic heterocycles. The number of aromatic hydroxyl groups is 1. The molecule has 1 amide bonds. The van der Waals surface area contributed by atoms with Gasteiger partial charge >= 0.3 is 0 Å². The molecular formula is C18H19BrN2O3. The first-order valence-electron chi connectivity index (χ1n) is 7.49. The summed E-state index contributed by atoms with van der Waals surface area (Å²) in [5.41, 5.74) is 4.25. The Morgan fingerprint density at radius 3 is 2.79 bits per heavy atom. The maximum absolute atomic E-state index is 11.7. The van der Waals surface area contributed by atoms with Crippen molar-refractivity contribution < 1.29 is 14.6 Å². The highest BCUT2D eigenvalue weighted by atomic mass is 79.9. The Balaban J connectivity index is 1.85. The molecule has 0 spiro atoms. The van der Waals surface area contributed by atoms with Crippen molar-refractivity contribution in [2.24, 2.45) is 5.10 Å². The molecule has 0 saturated carbocycles. The fraction of sp³-hybridized carbons (Fsp3) is 0.222. The number of phenolic OH excluding ortho intramolecular Hbond substituents is 1. The van der Waals surface area contributed by atoms with Crippen LogP contribution in [-0.4, -0.2) is 23.8 Å². The van der Waals surface area contributed by atoms with Crippen LogP contribution in [0.1, 0.15) is 30.9 Å². The molecule has 0 aliphatic rings. The molecule has 2 N–H and O–H groups in total. The van der Waals surface area contributed by atoms with Gasteiger partial charge in [-0.1, -0.05) is 32.0 Å². The number of ether oxygens (including phenoxy) is 1. The van der Waals surface area contributed by atoms with Gasteiger partial charge in [-0.15, -0.1) is 0 Å². The van der Waals surface area contributed by atoms with Crippen LogP contribution in [0.25, 0.3) is 0 Å². The minimum atomic E-state index is -0.369. The third-order valence-electron chi connectivity index (χ3n) is 3.25. The topological polar surface area (TPSA) is 70.9 Å². The molecule has 2 rings (SSSR count). The third-order valence-corrected chi connectivity index (χ3v) is 3.87. The van der Waals surface area contributed by atoms with Crippen LogP contribution in [0.15, 0.2) is 52.0 Å². The van der Waals surface area contributed by atoms with E-state index in [2.05, 4.69) is 40.3 Å². The zero-order valence-corrected chi connectivity index (χ0v) is 15.1. The largest absolute Gasteiger partial charge is 0.508 e. The number of carbonyl (C=O) groups is 1. The van der Waals surface area contributed by atoms with Gasteiger partial charge in [-0.05, 0) is 57.2 Å². The minimum Gasteiger partial charge on any atom is -0.508 e. The van der Waals surface area contributed by atoms with Crippen molar-refractivity contribution in [2.75, 3.05) is 6.61 Å². The second kappa shape index (κ2) is 8.49. The lowest BCUT2D eigenvalue weighted by atomic mass is 10.0. The summed E-state index contributed by atoms with van der Waals surface area (Å²) in [6.45, 7) is 4.08. The maximum atomic E-state index is 11.7. The normalized spacial score (nSPS) is 11.0. The zero-order chi connectivity index (χ0) is 17.5. The molecule has 2 aromatic rings. The second-order valence-electron chi connectivity index (χ2n) is 5.52. The molecule has 0 aromatic heterocycles. The average molecular weight is 391 g/mol. The molecule has 5 nitrogen and oxygen atoms in total. The Hall–Kier alpha value is -2.34. The van der Waals surface area contributed by atoms with E-state index < -0.39 is 0 Å². The number of phenols is 1. The van der Waals surface area contributed by atoms with Crippen LogP contribution in [0.3, 0.4) is 0 Å². The lowest BCUT2D eigenvalue weighted by molar-refractivity contribution is -0.123. The van der Waals surface area contributed by atoms with Crippen LogP contribution in [0.5, 0.6) is 11.5 Å². The predicted molar refractivity (Wildman–Crippen MR) is 97.6 cm³/mol. The number of hydrazone groups is 1. The summed E-state index contributed by atoms with van der Waals surface area (Å²) in [4.78, 5) is 11.7. The molecule has 126 valence electrons. The Morgan fingerprint density at radius 1 is 1.33 bits per heavy atom. The second-order valence-corrected chi connectivity index (χ2v) is 6.38. The van der Waals surface area contributed by atoms with E-state index in [1.807, 2.05) is 18.2 Å². The number of hydrogen-bond acceptors (Lipinski definition) is 4. The molecule has 6 heteroatoms. The fourth-order valence-corrected chi connectivity index (χ4v) is 2.46. The summed E-state index contributed by atoms with van der Waals surface area (Å²) in [5.74, 6) is 0.798. The average Bonchev–Trinajstić information content (AvgIpc) is 2.53. The zero-order valence-electron chi connectivity index (χ0n) is 13.5. The summed E-state index contributed by atoms with van der Waals surface area (Å²) in [6, 6.07) is 12.4.